The van der Waals surface area contributed by atoms with Crippen LogP contribution in [0, 0.1) is 0 Å². The van der Waals surface area contributed by atoms with Crippen molar-refractivity contribution in [3.63, 3.8) is 0 Å². The summed E-state index contributed by atoms with van der Waals surface area (Å²) in [5.74, 6) is -0.471. The summed E-state index contributed by atoms with van der Waals surface area (Å²) in [6.07, 6.45) is 0. The lowest BCUT2D eigenvalue weighted by Crippen LogP contribution is -2.38. The van der Waals surface area contributed by atoms with Crippen LogP contribution in [0.3, 0.4) is 0 Å². The van der Waals surface area contributed by atoms with E-state index in [1.54, 1.807) is 24.3 Å². The third-order valence-corrected chi connectivity index (χ3v) is 8.62. The Bertz CT molecular complexity index is 1340. The van der Waals surface area contributed by atoms with Gasteiger partial charge in [0, 0.05) is 27.7 Å². The molecule has 170 valence electrons. The van der Waals surface area contributed by atoms with Crippen molar-refractivity contribution in [2.45, 2.75) is 16.3 Å². The summed E-state index contributed by atoms with van der Waals surface area (Å²) in [4.78, 5) is 12.6. The molecule has 0 heterocycles. The second kappa shape index (κ2) is 9.37. The summed E-state index contributed by atoms with van der Waals surface area (Å²) in [5.41, 5.74) is 0.691. The van der Waals surface area contributed by atoms with Crippen LogP contribution in [0.4, 0.5) is 0 Å². The zero-order chi connectivity index (χ0) is 23.5. The summed E-state index contributed by atoms with van der Waals surface area (Å²) >= 11 is 0. The van der Waals surface area contributed by atoms with Crippen LogP contribution in [0.15, 0.2) is 76.5 Å². The van der Waals surface area contributed by atoms with Gasteiger partial charge in [-0.25, -0.2) is 21.1 Å². The van der Waals surface area contributed by atoms with Gasteiger partial charge in [0.2, 0.25) is 26.0 Å². The van der Waals surface area contributed by atoms with E-state index in [1.165, 1.54) is 39.3 Å². The molecule has 0 aliphatic rings. The van der Waals surface area contributed by atoms with Crippen LogP contribution in [0.5, 0.6) is 0 Å². The largest absolute Gasteiger partial charge is 0.351 e. The van der Waals surface area contributed by atoms with Crippen LogP contribution >= 0.6 is 0 Å². The number of nitrogens with zero attached hydrogens (tertiary/aromatic N) is 2. The van der Waals surface area contributed by atoms with Gasteiger partial charge in [-0.3, -0.25) is 4.79 Å². The van der Waals surface area contributed by atoms with Crippen molar-refractivity contribution in [3.8, 4) is 0 Å². The molecule has 10 heteroatoms. The number of likely N-dealkylation sites (N-methyl/N-ethyl adjacent to an activating group) is 1. The number of carbonyl (C=O) groups excluding carboxylic acids is 1. The van der Waals surface area contributed by atoms with Gasteiger partial charge in [-0.1, -0.05) is 42.5 Å². The lowest BCUT2D eigenvalue weighted by atomic mass is 10.1. The first-order chi connectivity index (χ1) is 15.0. The van der Waals surface area contributed by atoms with Crippen molar-refractivity contribution in [2.75, 3.05) is 27.7 Å². The van der Waals surface area contributed by atoms with Crippen molar-refractivity contribution in [2.24, 2.45) is 0 Å². The van der Waals surface area contributed by atoms with Crippen molar-refractivity contribution in [1.29, 1.82) is 0 Å². The summed E-state index contributed by atoms with van der Waals surface area (Å²) in [6, 6.07) is 18.4. The van der Waals surface area contributed by atoms with Crippen LogP contribution in [0.1, 0.15) is 5.56 Å². The number of amides is 1. The molecule has 0 radical (unpaired) electrons. The molecule has 0 aromatic heterocycles. The quantitative estimate of drug-likeness (QED) is 0.537. The van der Waals surface area contributed by atoms with Gasteiger partial charge in [-0.15, -0.1) is 0 Å². The monoisotopic (exact) mass is 475 g/mol. The molecular weight excluding hydrogens is 450 g/mol. The van der Waals surface area contributed by atoms with Crippen LogP contribution < -0.4 is 5.32 Å². The minimum Gasteiger partial charge on any atom is -0.351 e. The second-order valence-corrected chi connectivity index (χ2v) is 11.7. The van der Waals surface area contributed by atoms with Crippen molar-refractivity contribution >= 4 is 36.7 Å². The summed E-state index contributed by atoms with van der Waals surface area (Å²) in [7, 11) is -3.11. The molecular formula is C22H25N3O5S2. The molecule has 0 bridgehead atoms. The van der Waals surface area contributed by atoms with Gasteiger partial charge >= 0.3 is 0 Å². The Kier molecular flexibility index (Phi) is 6.99. The fourth-order valence-corrected chi connectivity index (χ4v) is 5.11. The van der Waals surface area contributed by atoms with Crippen LogP contribution in [0.25, 0.3) is 10.8 Å². The summed E-state index contributed by atoms with van der Waals surface area (Å²) in [5, 5.41) is 4.38. The normalized spacial score (nSPS) is 12.4. The third kappa shape index (κ3) is 5.16. The molecule has 32 heavy (non-hydrogen) atoms. The molecule has 0 fully saturated rings. The average molecular weight is 476 g/mol. The Hall–Kier alpha value is -2.79. The van der Waals surface area contributed by atoms with Crippen molar-refractivity contribution in [3.05, 3.63) is 72.3 Å². The number of rotatable bonds is 8. The van der Waals surface area contributed by atoms with Crippen LogP contribution in [-0.2, 0) is 31.4 Å². The van der Waals surface area contributed by atoms with Crippen molar-refractivity contribution in [1.82, 2.24) is 13.9 Å². The number of benzene rings is 3. The van der Waals surface area contributed by atoms with E-state index in [2.05, 4.69) is 5.32 Å². The minimum atomic E-state index is -3.84. The van der Waals surface area contributed by atoms with E-state index < -0.39 is 26.0 Å². The molecule has 0 aliphatic heterocycles. The number of hydrogen-bond acceptors (Lipinski definition) is 5. The Balaban J connectivity index is 1.62. The molecule has 0 atom stereocenters. The lowest BCUT2D eigenvalue weighted by Gasteiger charge is -2.17. The van der Waals surface area contributed by atoms with Gasteiger partial charge in [-0.2, -0.15) is 4.31 Å². The molecule has 8 nitrogen and oxygen atoms in total. The van der Waals surface area contributed by atoms with Crippen molar-refractivity contribution < 1.29 is 21.6 Å². The third-order valence-electron chi connectivity index (χ3n) is 4.99. The minimum absolute atomic E-state index is 0.115. The standard InChI is InChI=1S/C22H25N3O5S2/c1-24(2)31(27,28)20-11-8-17(9-12-20)15-23-22(26)16-25(3)32(29,30)21-13-10-18-6-4-5-7-19(18)14-21/h4-14H,15-16H2,1-3H3,(H,23,26). The van der Waals surface area contributed by atoms with E-state index >= 15 is 0 Å². The first-order valence-corrected chi connectivity index (χ1v) is 12.6. The average Bonchev–Trinajstić information content (AvgIpc) is 2.77. The topological polar surface area (TPSA) is 104 Å². The van der Waals surface area contributed by atoms with E-state index in [1.807, 2.05) is 24.3 Å². The van der Waals surface area contributed by atoms with E-state index in [0.717, 1.165) is 19.4 Å². The molecule has 1 N–H and O–H groups in total. The van der Waals surface area contributed by atoms with E-state index in [9.17, 15) is 21.6 Å². The second-order valence-electron chi connectivity index (χ2n) is 7.48. The van der Waals surface area contributed by atoms with Gasteiger partial charge in [0.25, 0.3) is 0 Å². The highest BCUT2D eigenvalue weighted by atomic mass is 32.2. The molecule has 0 spiro atoms. The Labute approximate surface area is 188 Å². The van der Waals surface area contributed by atoms with E-state index in [0.29, 0.717) is 5.56 Å². The fraction of sp³-hybridized carbons (Fsp3) is 0.227. The zero-order valence-corrected chi connectivity index (χ0v) is 19.7. The molecule has 3 rings (SSSR count). The first kappa shape index (κ1) is 23.9. The Morgan fingerprint density at radius 2 is 1.38 bits per heavy atom. The maximum atomic E-state index is 12.9. The Morgan fingerprint density at radius 3 is 2.00 bits per heavy atom. The van der Waals surface area contributed by atoms with Crippen LogP contribution in [-0.4, -0.2) is 59.0 Å². The molecule has 3 aromatic carbocycles. The zero-order valence-electron chi connectivity index (χ0n) is 18.0. The summed E-state index contributed by atoms with van der Waals surface area (Å²) < 4.78 is 52.0. The molecule has 0 saturated heterocycles. The van der Waals surface area contributed by atoms with Gasteiger partial charge < -0.3 is 5.32 Å². The molecule has 0 aliphatic carbocycles. The SMILES string of the molecule is CN(C)S(=O)(=O)c1ccc(CNC(=O)CN(C)S(=O)(=O)c2ccc3ccccc3c2)cc1. The number of nitrogens with one attached hydrogen (secondary N) is 1. The maximum Gasteiger partial charge on any atom is 0.243 e. The van der Waals surface area contributed by atoms with Crippen LogP contribution in [0.2, 0.25) is 0 Å². The number of fused-ring (bicyclic) bond motifs is 1. The van der Waals surface area contributed by atoms with Gasteiger partial charge in [-0.05, 0) is 40.6 Å². The molecule has 3 aromatic rings. The van der Waals surface area contributed by atoms with Gasteiger partial charge in [0.15, 0.2) is 0 Å². The number of sulfonamides is 2. The highest BCUT2D eigenvalue weighted by Crippen LogP contribution is 2.21. The van der Waals surface area contributed by atoms with Gasteiger partial charge in [0.1, 0.15) is 0 Å². The predicted molar refractivity (Wildman–Crippen MR) is 123 cm³/mol. The number of carbonyl (C=O) groups is 1. The lowest BCUT2D eigenvalue weighted by molar-refractivity contribution is -0.121. The summed E-state index contributed by atoms with van der Waals surface area (Å²) in [6.45, 7) is -0.201. The molecule has 0 unspecified atom stereocenters. The fourth-order valence-electron chi connectivity index (χ4n) is 3.04. The predicted octanol–water partition coefficient (Wildman–Crippen LogP) is 2.03. The first-order valence-electron chi connectivity index (χ1n) is 9.75. The maximum absolute atomic E-state index is 12.9. The number of hydrogen-bond donors (Lipinski definition) is 1. The highest BCUT2D eigenvalue weighted by molar-refractivity contribution is 7.89. The van der Waals surface area contributed by atoms with E-state index in [4.69, 9.17) is 0 Å². The molecule has 0 saturated carbocycles. The molecule has 1 amide bonds. The van der Waals surface area contributed by atoms with Gasteiger partial charge in [0.05, 0.1) is 16.3 Å². The van der Waals surface area contributed by atoms with E-state index in [-0.39, 0.29) is 22.9 Å². The Morgan fingerprint density at radius 1 is 0.781 bits per heavy atom. The smallest absolute Gasteiger partial charge is 0.243 e. The highest BCUT2D eigenvalue weighted by Gasteiger charge is 2.23.